The number of carbonyl (C=O) groups excluding carboxylic acids is 1. The van der Waals surface area contributed by atoms with Crippen LogP contribution in [-0.2, 0) is 18.4 Å². The molecule has 0 saturated carbocycles. The first-order valence-corrected chi connectivity index (χ1v) is 7.09. The van der Waals surface area contributed by atoms with Crippen molar-refractivity contribution in [3.05, 3.63) is 35.4 Å². The molecule has 2 heterocycles. The van der Waals surface area contributed by atoms with Crippen molar-refractivity contribution in [1.82, 2.24) is 24.5 Å². The molecule has 24 heavy (non-hydrogen) atoms. The van der Waals surface area contributed by atoms with Crippen LogP contribution in [0.25, 0.3) is 0 Å². The highest BCUT2D eigenvalue weighted by molar-refractivity contribution is 5.79. The van der Waals surface area contributed by atoms with E-state index in [-0.39, 0.29) is 6.54 Å². The van der Waals surface area contributed by atoms with E-state index in [0.29, 0.717) is 10.7 Å². The van der Waals surface area contributed by atoms with Crippen molar-refractivity contribution < 1.29 is 22.4 Å². The van der Waals surface area contributed by atoms with E-state index in [0.717, 1.165) is 5.69 Å². The van der Waals surface area contributed by atoms with Crippen molar-refractivity contribution in [2.24, 2.45) is 7.05 Å². The summed E-state index contributed by atoms with van der Waals surface area (Å²) in [5.41, 5.74) is -0.750. The number of halogens is 4. The van der Waals surface area contributed by atoms with Crippen LogP contribution < -0.4 is 0 Å². The molecule has 1 atom stereocenters. The number of aromatic nitrogens is 4. The Hall–Kier alpha value is -2.39. The number of aryl methyl sites for hydroxylation is 1. The van der Waals surface area contributed by atoms with Gasteiger partial charge in [0.05, 0.1) is 12.2 Å². The minimum Gasteiger partial charge on any atom is -0.338 e. The van der Waals surface area contributed by atoms with Crippen molar-refractivity contribution in [3.8, 4) is 0 Å². The molecule has 0 bridgehead atoms. The second-order valence-corrected chi connectivity index (χ2v) is 5.36. The molecule has 0 fully saturated rings. The number of likely N-dealkylation sites (N-methyl/N-ethyl adjacent to an activating group) is 1. The molecule has 2 aromatic heterocycles. The molecule has 1 unspecified atom stereocenters. The summed E-state index contributed by atoms with van der Waals surface area (Å²) in [5, 5.41) is 7.44. The zero-order valence-electron chi connectivity index (χ0n) is 13.3. The van der Waals surface area contributed by atoms with Crippen LogP contribution in [0.15, 0.2) is 18.3 Å². The molecule has 0 aromatic carbocycles. The Labute approximate surface area is 135 Å². The molecule has 0 N–H and O–H groups in total. The second-order valence-electron chi connectivity index (χ2n) is 5.36. The van der Waals surface area contributed by atoms with Crippen LogP contribution in [0.2, 0.25) is 0 Å². The van der Waals surface area contributed by atoms with Gasteiger partial charge >= 0.3 is 0 Å². The Morgan fingerprint density at radius 1 is 1.29 bits per heavy atom. The summed E-state index contributed by atoms with van der Waals surface area (Å²) in [7, 11) is 3.19. The van der Waals surface area contributed by atoms with E-state index < -0.39 is 36.2 Å². The molecular weight excluding hydrogens is 330 g/mol. The number of amides is 1. The molecule has 2 rings (SSSR count). The van der Waals surface area contributed by atoms with E-state index >= 15 is 0 Å². The van der Waals surface area contributed by atoms with Gasteiger partial charge in [0.2, 0.25) is 5.91 Å². The maximum absolute atomic E-state index is 13.0. The lowest BCUT2D eigenvalue weighted by atomic mass is 10.2. The zero-order chi connectivity index (χ0) is 18.0. The van der Waals surface area contributed by atoms with Gasteiger partial charge in [0.1, 0.15) is 17.4 Å². The fraction of sp³-hybridized carbons (Fsp3) is 0.500. The average molecular weight is 347 g/mol. The van der Waals surface area contributed by atoms with Gasteiger partial charge in [-0.2, -0.15) is 10.2 Å². The van der Waals surface area contributed by atoms with Crippen molar-refractivity contribution >= 4 is 5.91 Å². The summed E-state index contributed by atoms with van der Waals surface area (Å²) in [6.45, 7) is 1.54. The van der Waals surface area contributed by atoms with Crippen LogP contribution in [-0.4, -0.2) is 37.4 Å². The van der Waals surface area contributed by atoms with Gasteiger partial charge in [0.15, 0.2) is 0 Å². The van der Waals surface area contributed by atoms with Crippen LogP contribution in [0.1, 0.15) is 42.9 Å². The first-order valence-electron chi connectivity index (χ1n) is 7.09. The minimum atomic E-state index is -3.01. The van der Waals surface area contributed by atoms with E-state index in [2.05, 4.69) is 10.2 Å². The summed E-state index contributed by atoms with van der Waals surface area (Å²) in [4.78, 5) is 13.7. The van der Waals surface area contributed by atoms with Gasteiger partial charge in [-0.05, 0) is 19.1 Å². The Bertz CT molecular complexity index is 712. The van der Waals surface area contributed by atoms with Crippen molar-refractivity contribution in [2.45, 2.75) is 32.4 Å². The first kappa shape index (κ1) is 18.0. The minimum absolute atomic E-state index is 0.201. The Kier molecular flexibility index (Phi) is 5.25. The number of carbonyl (C=O) groups is 1. The van der Waals surface area contributed by atoms with Crippen molar-refractivity contribution in [2.75, 3.05) is 7.05 Å². The fourth-order valence-corrected chi connectivity index (χ4v) is 2.31. The fourth-order valence-electron chi connectivity index (χ4n) is 2.31. The number of rotatable bonds is 6. The third-order valence-electron chi connectivity index (χ3n) is 3.65. The molecule has 0 saturated heterocycles. The molecule has 0 aliphatic carbocycles. The van der Waals surface area contributed by atoms with E-state index in [4.69, 9.17) is 0 Å². The van der Waals surface area contributed by atoms with Gasteiger partial charge in [-0.1, -0.05) is 0 Å². The Morgan fingerprint density at radius 2 is 1.96 bits per heavy atom. The summed E-state index contributed by atoms with van der Waals surface area (Å²) in [5.74, 6) is -0.526. The normalized spacial score (nSPS) is 12.9. The average Bonchev–Trinajstić information content (AvgIpc) is 3.13. The van der Waals surface area contributed by atoms with E-state index in [9.17, 15) is 22.4 Å². The maximum atomic E-state index is 13.0. The molecule has 0 spiro atoms. The van der Waals surface area contributed by atoms with Gasteiger partial charge in [0, 0.05) is 20.3 Å². The van der Waals surface area contributed by atoms with Crippen molar-refractivity contribution in [3.63, 3.8) is 0 Å². The molecule has 132 valence electrons. The highest BCUT2D eigenvalue weighted by Crippen LogP contribution is 2.28. The predicted molar refractivity (Wildman–Crippen MR) is 76.5 cm³/mol. The topological polar surface area (TPSA) is 56.0 Å². The third kappa shape index (κ3) is 3.57. The monoisotopic (exact) mass is 347 g/mol. The van der Waals surface area contributed by atoms with Gasteiger partial charge in [-0.15, -0.1) is 0 Å². The third-order valence-corrected chi connectivity index (χ3v) is 3.65. The Balaban J connectivity index is 2.22. The van der Waals surface area contributed by atoms with E-state index in [1.807, 2.05) is 0 Å². The van der Waals surface area contributed by atoms with Crippen LogP contribution in [0.5, 0.6) is 0 Å². The maximum Gasteiger partial charge on any atom is 0.282 e. The molecule has 2 aromatic rings. The van der Waals surface area contributed by atoms with Crippen LogP contribution in [0.3, 0.4) is 0 Å². The van der Waals surface area contributed by atoms with Gasteiger partial charge in [0.25, 0.3) is 12.9 Å². The lowest BCUT2D eigenvalue weighted by Crippen LogP contribution is -2.34. The Morgan fingerprint density at radius 3 is 2.46 bits per heavy atom. The smallest absolute Gasteiger partial charge is 0.282 e. The lowest BCUT2D eigenvalue weighted by molar-refractivity contribution is -0.134. The first-order chi connectivity index (χ1) is 11.2. The van der Waals surface area contributed by atoms with Crippen LogP contribution >= 0.6 is 0 Å². The van der Waals surface area contributed by atoms with Gasteiger partial charge in [-0.25, -0.2) is 17.6 Å². The SMILES string of the molecule is CC(C(=O)N(C)Cc1ccnn1C)n1nc(C(F)F)cc1C(F)F. The highest BCUT2D eigenvalue weighted by Gasteiger charge is 2.28. The number of hydrogen-bond acceptors (Lipinski definition) is 3. The number of alkyl halides is 4. The number of hydrogen-bond donors (Lipinski definition) is 0. The molecule has 0 aliphatic heterocycles. The molecule has 1 amide bonds. The van der Waals surface area contributed by atoms with Crippen molar-refractivity contribution in [1.29, 1.82) is 0 Å². The van der Waals surface area contributed by atoms with Gasteiger partial charge < -0.3 is 4.90 Å². The van der Waals surface area contributed by atoms with E-state index in [1.54, 1.807) is 24.0 Å². The summed E-state index contributed by atoms with van der Waals surface area (Å²) in [6, 6.07) is 1.20. The van der Waals surface area contributed by atoms with Crippen LogP contribution in [0, 0.1) is 0 Å². The van der Waals surface area contributed by atoms with Gasteiger partial charge in [-0.3, -0.25) is 14.2 Å². The largest absolute Gasteiger partial charge is 0.338 e. The summed E-state index contributed by atoms with van der Waals surface area (Å²) >= 11 is 0. The lowest BCUT2D eigenvalue weighted by Gasteiger charge is -2.22. The van der Waals surface area contributed by atoms with E-state index in [1.165, 1.54) is 18.9 Å². The molecule has 6 nitrogen and oxygen atoms in total. The quantitative estimate of drug-likeness (QED) is 0.755. The summed E-state index contributed by atoms with van der Waals surface area (Å²) < 4.78 is 53.8. The van der Waals surface area contributed by atoms with Crippen LogP contribution in [0.4, 0.5) is 17.6 Å². The zero-order valence-corrected chi connectivity index (χ0v) is 13.3. The predicted octanol–water partition coefficient (Wildman–Crippen LogP) is 2.71. The molecule has 0 aliphatic rings. The molecular formula is C14H17F4N5O. The highest BCUT2D eigenvalue weighted by atomic mass is 19.3. The second kappa shape index (κ2) is 7.02. The molecule has 10 heteroatoms. The standard InChI is InChI=1S/C14H17F4N5O/c1-8(14(24)21(2)7-9-4-5-19-22(9)3)23-11(13(17)18)6-10(20-23)12(15)16/h4-6,8,12-13H,7H2,1-3H3. The summed E-state index contributed by atoms with van der Waals surface area (Å²) in [6.07, 6.45) is -4.44. The molecule has 0 radical (unpaired) electrons. The number of nitrogens with zero attached hydrogens (tertiary/aromatic N) is 5.